The van der Waals surface area contributed by atoms with Crippen LogP contribution in [0.1, 0.15) is 44.1 Å². The topological polar surface area (TPSA) is 87.2 Å². The zero-order valence-electron chi connectivity index (χ0n) is 16.7. The van der Waals surface area contributed by atoms with Crippen molar-refractivity contribution in [1.82, 2.24) is 9.57 Å². The lowest BCUT2D eigenvalue weighted by atomic mass is 9.92. The van der Waals surface area contributed by atoms with Gasteiger partial charge in [0.05, 0.1) is 5.92 Å². The summed E-state index contributed by atoms with van der Waals surface area (Å²) in [7, 11) is -1.83. The number of carboxylic acid groups (broad SMARTS) is 1. The number of benzene rings is 1. The van der Waals surface area contributed by atoms with Gasteiger partial charge < -0.3 is 10.0 Å². The van der Waals surface area contributed by atoms with E-state index in [1.165, 1.54) is 0 Å². The molecule has 29 heavy (non-hydrogen) atoms. The van der Waals surface area contributed by atoms with Crippen LogP contribution in [0.25, 0.3) is 0 Å². The van der Waals surface area contributed by atoms with Crippen molar-refractivity contribution in [2.75, 3.05) is 26.2 Å². The molecule has 2 heterocycles. The molecule has 2 fully saturated rings. The average molecular weight is 421 g/mol. The number of carboxylic acids is 1. The number of aliphatic carboxylic acids is 1. The Morgan fingerprint density at radius 2 is 1.83 bits per heavy atom. The van der Waals surface area contributed by atoms with Crippen molar-refractivity contribution >= 4 is 20.1 Å². The molecule has 1 aromatic carbocycles. The fourth-order valence-electron chi connectivity index (χ4n) is 4.05. The molecule has 0 radical (unpaired) electrons. The van der Waals surface area contributed by atoms with Gasteiger partial charge in [-0.05, 0) is 48.2 Å². The number of rotatable bonds is 8. The van der Waals surface area contributed by atoms with Crippen molar-refractivity contribution in [3.8, 4) is 0 Å². The van der Waals surface area contributed by atoms with Crippen LogP contribution >= 0.6 is 8.18 Å². The number of carbonyl (C=O) groups excluding carboxylic acids is 1. The van der Waals surface area contributed by atoms with Crippen molar-refractivity contribution in [1.29, 1.82) is 0 Å². The van der Waals surface area contributed by atoms with Gasteiger partial charge in [-0.1, -0.05) is 35.0 Å². The second kappa shape index (κ2) is 10.8. The summed E-state index contributed by atoms with van der Waals surface area (Å²) in [5.41, 5.74) is 1.01. The minimum Gasteiger partial charge on any atom is -0.481 e. The highest BCUT2D eigenvalue weighted by atomic mass is 31.1. The van der Waals surface area contributed by atoms with Gasteiger partial charge in [0.25, 0.3) is 0 Å². The summed E-state index contributed by atoms with van der Waals surface area (Å²) < 4.78 is 19.8. The quantitative estimate of drug-likeness (QED) is 0.645. The molecule has 1 amide bonds. The molecule has 2 saturated heterocycles. The van der Waals surface area contributed by atoms with Crippen LogP contribution in [-0.4, -0.2) is 52.7 Å². The van der Waals surface area contributed by atoms with E-state index in [0.717, 1.165) is 31.2 Å². The van der Waals surface area contributed by atoms with E-state index in [9.17, 15) is 14.2 Å². The van der Waals surface area contributed by atoms with Gasteiger partial charge in [0.1, 0.15) is 6.61 Å². The van der Waals surface area contributed by atoms with Gasteiger partial charge in [0.2, 0.25) is 5.91 Å². The number of piperidine rings is 2. The largest absolute Gasteiger partial charge is 0.616 e. The monoisotopic (exact) mass is 421 g/mol. The van der Waals surface area contributed by atoms with Crippen molar-refractivity contribution in [3.63, 3.8) is 0 Å². The van der Waals surface area contributed by atoms with Gasteiger partial charge in [-0.25, -0.2) is 0 Å². The first-order valence-electron chi connectivity index (χ1n) is 10.4. The van der Waals surface area contributed by atoms with E-state index in [-0.39, 0.29) is 5.91 Å². The molecule has 1 aromatic rings. The number of nitrogens with zero attached hydrogens (tertiary/aromatic N) is 2. The van der Waals surface area contributed by atoms with E-state index in [1.807, 2.05) is 35.0 Å². The Labute approximate surface area is 172 Å². The third-order valence-electron chi connectivity index (χ3n) is 5.90. The Hall–Kier alpha value is -1.82. The molecule has 0 bridgehead atoms. The first-order valence-corrected chi connectivity index (χ1v) is 11.6. The molecule has 0 spiro atoms. The maximum atomic E-state index is 12.5. The highest BCUT2D eigenvalue weighted by molar-refractivity contribution is 7.36. The standard InChI is InChI=1S/C21H29N2O5P/c24-20(22-12-4-7-19(15-22)21(25)26)9-8-17-10-13-23(14-11-17)29(27)28-16-18-5-2-1-3-6-18/h1-3,5-6,17,19H,4,7-16H2/p+1/t19-/m1/s1. The molecule has 0 aromatic heterocycles. The Kier molecular flexibility index (Phi) is 8.16. The third-order valence-corrected chi connectivity index (χ3v) is 7.11. The Bertz CT molecular complexity index is 706. The molecule has 0 saturated carbocycles. The van der Waals surface area contributed by atoms with Gasteiger partial charge in [0, 0.05) is 32.6 Å². The fourth-order valence-corrected chi connectivity index (χ4v) is 5.03. The smallest absolute Gasteiger partial charge is 0.481 e. The minimum absolute atomic E-state index is 0.0654. The third kappa shape index (κ3) is 6.59. The second-order valence-electron chi connectivity index (χ2n) is 7.95. The molecule has 3 rings (SSSR count). The van der Waals surface area contributed by atoms with Crippen LogP contribution < -0.4 is 0 Å². The lowest BCUT2D eigenvalue weighted by Crippen LogP contribution is -2.42. The van der Waals surface area contributed by atoms with E-state index in [1.54, 1.807) is 4.90 Å². The summed E-state index contributed by atoms with van der Waals surface area (Å²) in [6.07, 6.45) is 4.50. The van der Waals surface area contributed by atoms with Gasteiger partial charge in [-0.15, -0.1) is 4.52 Å². The van der Waals surface area contributed by atoms with E-state index in [2.05, 4.69) is 0 Å². The van der Waals surface area contributed by atoms with Crippen molar-refractivity contribution in [3.05, 3.63) is 35.9 Å². The molecule has 2 atom stereocenters. The van der Waals surface area contributed by atoms with Crippen LogP contribution in [0.3, 0.4) is 0 Å². The highest BCUT2D eigenvalue weighted by Crippen LogP contribution is 2.35. The van der Waals surface area contributed by atoms with Crippen LogP contribution in [-0.2, 0) is 25.3 Å². The fraction of sp³-hybridized carbons (Fsp3) is 0.619. The molecule has 158 valence electrons. The van der Waals surface area contributed by atoms with Gasteiger partial charge in [-0.2, -0.15) is 0 Å². The summed E-state index contributed by atoms with van der Waals surface area (Å²) in [4.78, 5) is 25.3. The van der Waals surface area contributed by atoms with Crippen LogP contribution in [0.4, 0.5) is 0 Å². The molecule has 8 heteroatoms. The van der Waals surface area contributed by atoms with Crippen molar-refractivity contribution < 1.29 is 23.8 Å². The van der Waals surface area contributed by atoms with Gasteiger partial charge >= 0.3 is 14.1 Å². The molecule has 1 unspecified atom stereocenters. The zero-order valence-corrected chi connectivity index (χ0v) is 17.6. The molecule has 7 nitrogen and oxygen atoms in total. The predicted octanol–water partition coefficient (Wildman–Crippen LogP) is 3.68. The first-order chi connectivity index (χ1) is 14.0. The summed E-state index contributed by atoms with van der Waals surface area (Å²) in [6.45, 7) is 2.78. The SMILES string of the molecule is O=C(O)[C@@H]1CCCN(C(=O)CCC2CCN([P+](=O)OCc3ccccc3)CC2)C1. The second-order valence-corrected chi connectivity index (χ2v) is 9.25. The number of amides is 1. The molecular formula is C21H30N2O5P+. The molecular weight excluding hydrogens is 391 g/mol. The first kappa shape index (κ1) is 21.9. The van der Waals surface area contributed by atoms with E-state index in [0.29, 0.717) is 51.5 Å². The summed E-state index contributed by atoms with van der Waals surface area (Å²) in [5.74, 6) is -0.731. The highest BCUT2D eigenvalue weighted by Gasteiger charge is 2.35. The number of hydrogen-bond acceptors (Lipinski definition) is 4. The normalized spacial score (nSPS) is 21.7. The summed E-state index contributed by atoms with van der Waals surface area (Å²) in [5, 5.41) is 9.17. The van der Waals surface area contributed by atoms with Crippen molar-refractivity contribution in [2.24, 2.45) is 11.8 Å². The molecule has 2 aliphatic heterocycles. The minimum atomic E-state index is -1.83. The van der Waals surface area contributed by atoms with Gasteiger partial charge in [0.15, 0.2) is 0 Å². The van der Waals surface area contributed by atoms with E-state index in [4.69, 9.17) is 9.63 Å². The Morgan fingerprint density at radius 3 is 2.52 bits per heavy atom. The lowest BCUT2D eigenvalue weighted by molar-refractivity contribution is -0.145. The lowest BCUT2D eigenvalue weighted by Gasteiger charge is -2.31. The average Bonchev–Trinajstić information content (AvgIpc) is 2.77. The molecule has 0 aliphatic carbocycles. The number of carbonyl (C=O) groups is 2. The molecule has 1 N–H and O–H groups in total. The summed E-state index contributed by atoms with van der Waals surface area (Å²) in [6, 6.07) is 9.71. The number of likely N-dealkylation sites (tertiary alicyclic amines) is 1. The summed E-state index contributed by atoms with van der Waals surface area (Å²) >= 11 is 0. The predicted molar refractivity (Wildman–Crippen MR) is 109 cm³/mol. The van der Waals surface area contributed by atoms with Crippen LogP contribution in [0.15, 0.2) is 30.3 Å². The van der Waals surface area contributed by atoms with E-state index >= 15 is 0 Å². The maximum absolute atomic E-state index is 12.5. The van der Waals surface area contributed by atoms with E-state index < -0.39 is 20.1 Å². The van der Waals surface area contributed by atoms with Gasteiger partial charge in [-0.3, -0.25) is 9.59 Å². The van der Waals surface area contributed by atoms with Crippen LogP contribution in [0, 0.1) is 11.8 Å². The zero-order chi connectivity index (χ0) is 20.6. The van der Waals surface area contributed by atoms with Crippen LogP contribution in [0.2, 0.25) is 0 Å². The Morgan fingerprint density at radius 1 is 1.10 bits per heavy atom. The molecule has 2 aliphatic rings. The van der Waals surface area contributed by atoms with Crippen LogP contribution in [0.5, 0.6) is 0 Å². The van der Waals surface area contributed by atoms with Crippen molar-refractivity contribution in [2.45, 2.75) is 45.1 Å². The maximum Gasteiger partial charge on any atom is 0.616 e. The number of hydrogen-bond donors (Lipinski definition) is 1. The Balaban J connectivity index is 1.34.